The van der Waals surface area contributed by atoms with Gasteiger partial charge in [0.1, 0.15) is 11.9 Å². The monoisotopic (exact) mass is 452 g/mol. The molecule has 32 heavy (non-hydrogen) atoms. The van der Waals surface area contributed by atoms with Crippen LogP contribution >= 0.6 is 11.3 Å². The lowest BCUT2D eigenvalue weighted by atomic mass is 10.2. The summed E-state index contributed by atoms with van der Waals surface area (Å²) in [6, 6.07) is 11.7. The van der Waals surface area contributed by atoms with Crippen LogP contribution in [0.5, 0.6) is 0 Å². The van der Waals surface area contributed by atoms with Crippen molar-refractivity contribution in [1.29, 1.82) is 0 Å². The van der Waals surface area contributed by atoms with E-state index < -0.39 is 17.9 Å². The molecule has 9 heteroatoms. The van der Waals surface area contributed by atoms with Crippen molar-refractivity contribution in [3.8, 4) is 0 Å². The van der Waals surface area contributed by atoms with E-state index in [1.807, 2.05) is 31.2 Å². The van der Waals surface area contributed by atoms with Crippen molar-refractivity contribution in [1.82, 2.24) is 9.88 Å². The molecule has 0 N–H and O–H groups in total. The Morgan fingerprint density at radius 1 is 1.19 bits per heavy atom. The molecule has 1 atom stereocenters. The molecule has 0 bridgehead atoms. The second-order valence-corrected chi connectivity index (χ2v) is 8.38. The van der Waals surface area contributed by atoms with Gasteiger partial charge in [0.25, 0.3) is 5.91 Å². The Balaban J connectivity index is 1.57. The average Bonchev–Trinajstić information content (AvgIpc) is 3.28. The average molecular weight is 453 g/mol. The number of benzene rings is 2. The fourth-order valence-corrected chi connectivity index (χ4v) is 4.51. The van der Waals surface area contributed by atoms with E-state index in [0.29, 0.717) is 22.2 Å². The summed E-state index contributed by atoms with van der Waals surface area (Å²) in [6.07, 6.45) is 0. The molecular weight excluding hydrogens is 431 g/mol. The molecule has 2 aromatic carbocycles. The molecule has 1 fully saturated rings. The quantitative estimate of drug-likeness (QED) is 0.529. The van der Waals surface area contributed by atoms with Crippen molar-refractivity contribution in [3.05, 3.63) is 71.0 Å². The number of aromatic nitrogens is 1. The van der Waals surface area contributed by atoms with Crippen molar-refractivity contribution >= 4 is 45.7 Å². The standard InChI is InChI=1S/C23H21FN4O3S/c1-14-5-4-6-20(11-14)28(16(3)29)22-25-18(13-32-22)12-26-21(30)15(2)27(23(26)31)19-9-7-17(24)8-10-19/h4-11,13,15H,12H2,1-3H3. The topological polar surface area (TPSA) is 73.8 Å². The van der Waals surface area contributed by atoms with E-state index in [-0.39, 0.29) is 18.4 Å². The Bertz CT molecular complexity index is 1190. The largest absolute Gasteiger partial charge is 0.332 e. The zero-order valence-electron chi connectivity index (χ0n) is 17.8. The number of rotatable bonds is 5. The van der Waals surface area contributed by atoms with E-state index in [1.165, 1.54) is 52.3 Å². The molecule has 1 saturated heterocycles. The van der Waals surface area contributed by atoms with E-state index in [9.17, 15) is 18.8 Å². The minimum absolute atomic E-state index is 0.0181. The van der Waals surface area contributed by atoms with Crippen LogP contribution < -0.4 is 9.80 Å². The van der Waals surface area contributed by atoms with Gasteiger partial charge in [0.15, 0.2) is 5.13 Å². The van der Waals surface area contributed by atoms with Crippen LogP contribution in [0.1, 0.15) is 25.1 Å². The highest BCUT2D eigenvalue weighted by Gasteiger charge is 2.43. The summed E-state index contributed by atoms with van der Waals surface area (Å²) < 4.78 is 13.3. The van der Waals surface area contributed by atoms with Crippen LogP contribution in [-0.2, 0) is 16.1 Å². The number of carbonyl (C=O) groups is 3. The summed E-state index contributed by atoms with van der Waals surface area (Å²) >= 11 is 1.26. The Labute approximate surface area is 188 Å². The first-order chi connectivity index (χ1) is 15.3. The number of aryl methyl sites for hydroxylation is 1. The molecule has 4 rings (SSSR count). The summed E-state index contributed by atoms with van der Waals surface area (Å²) in [4.78, 5) is 46.5. The number of thiazole rings is 1. The van der Waals surface area contributed by atoms with Crippen molar-refractivity contribution in [2.24, 2.45) is 0 Å². The summed E-state index contributed by atoms with van der Waals surface area (Å²) in [7, 11) is 0. The molecular formula is C23H21FN4O3S. The number of amides is 4. The van der Waals surface area contributed by atoms with Gasteiger partial charge in [-0.3, -0.25) is 24.3 Å². The first-order valence-corrected chi connectivity index (χ1v) is 10.9. The first-order valence-electron chi connectivity index (χ1n) is 9.98. The van der Waals surface area contributed by atoms with Gasteiger partial charge in [-0.05, 0) is 55.8 Å². The van der Waals surface area contributed by atoms with Gasteiger partial charge < -0.3 is 0 Å². The van der Waals surface area contributed by atoms with E-state index in [0.717, 1.165) is 10.5 Å². The van der Waals surface area contributed by atoms with Crippen molar-refractivity contribution in [2.75, 3.05) is 9.80 Å². The molecule has 2 heterocycles. The number of nitrogens with zero attached hydrogens (tertiary/aromatic N) is 4. The lowest BCUT2D eigenvalue weighted by Gasteiger charge is -2.19. The zero-order chi connectivity index (χ0) is 23.0. The lowest BCUT2D eigenvalue weighted by molar-refractivity contribution is -0.127. The number of imide groups is 1. The van der Waals surface area contributed by atoms with Gasteiger partial charge in [-0.2, -0.15) is 0 Å². The van der Waals surface area contributed by atoms with E-state index in [4.69, 9.17) is 0 Å². The minimum atomic E-state index is -0.716. The van der Waals surface area contributed by atoms with E-state index in [1.54, 1.807) is 12.3 Å². The fourth-order valence-electron chi connectivity index (χ4n) is 3.63. The van der Waals surface area contributed by atoms with Crippen LogP contribution in [0, 0.1) is 12.7 Å². The second kappa shape index (κ2) is 8.51. The molecule has 0 radical (unpaired) electrons. The minimum Gasteiger partial charge on any atom is -0.282 e. The molecule has 0 saturated carbocycles. The van der Waals surface area contributed by atoms with Gasteiger partial charge in [-0.25, -0.2) is 14.2 Å². The Morgan fingerprint density at radius 2 is 1.91 bits per heavy atom. The molecule has 1 aliphatic heterocycles. The number of urea groups is 1. The summed E-state index contributed by atoms with van der Waals surface area (Å²) in [5, 5.41) is 2.19. The zero-order valence-corrected chi connectivity index (χ0v) is 18.6. The van der Waals surface area contributed by atoms with Crippen molar-refractivity contribution < 1.29 is 18.8 Å². The van der Waals surface area contributed by atoms with E-state index in [2.05, 4.69) is 4.98 Å². The number of carbonyl (C=O) groups excluding carboxylic acids is 3. The molecule has 0 aliphatic carbocycles. The maximum absolute atomic E-state index is 13.3. The highest BCUT2D eigenvalue weighted by atomic mass is 32.1. The second-order valence-electron chi connectivity index (χ2n) is 7.54. The van der Waals surface area contributed by atoms with Crippen LogP contribution in [0.2, 0.25) is 0 Å². The molecule has 1 aliphatic rings. The fraction of sp³-hybridized carbons (Fsp3) is 0.217. The summed E-state index contributed by atoms with van der Waals surface area (Å²) in [5.41, 5.74) is 2.65. The molecule has 7 nitrogen and oxygen atoms in total. The van der Waals surface area contributed by atoms with Gasteiger partial charge in [-0.15, -0.1) is 11.3 Å². The van der Waals surface area contributed by atoms with Crippen LogP contribution in [0.3, 0.4) is 0 Å². The first kappa shape index (κ1) is 21.6. The molecule has 1 unspecified atom stereocenters. The number of anilines is 3. The van der Waals surface area contributed by atoms with Crippen LogP contribution in [0.4, 0.5) is 25.7 Å². The number of hydrogen-bond donors (Lipinski definition) is 0. The van der Waals surface area contributed by atoms with Crippen LogP contribution in [0.25, 0.3) is 0 Å². The molecule has 0 spiro atoms. The van der Waals surface area contributed by atoms with Crippen LogP contribution in [-0.4, -0.2) is 33.8 Å². The third kappa shape index (κ3) is 3.99. The Morgan fingerprint density at radius 3 is 2.56 bits per heavy atom. The van der Waals surface area contributed by atoms with Gasteiger partial charge in [-0.1, -0.05) is 12.1 Å². The van der Waals surface area contributed by atoms with Gasteiger partial charge in [0.05, 0.1) is 17.9 Å². The maximum Gasteiger partial charge on any atom is 0.332 e. The van der Waals surface area contributed by atoms with E-state index >= 15 is 0 Å². The highest BCUT2D eigenvalue weighted by molar-refractivity contribution is 7.14. The van der Waals surface area contributed by atoms with Crippen molar-refractivity contribution in [2.45, 2.75) is 33.4 Å². The Kier molecular flexibility index (Phi) is 5.75. The third-order valence-electron chi connectivity index (χ3n) is 5.18. The van der Waals surface area contributed by atoms with Crippen molar-refractivity contribution in [3.63, 3.8) is 0 Å². The summed E-state index contributed by atoms with van der Waals surface area (Å²) in [5.74, 6) is -0.980. The highest BCUT2D eigenvalue weighted by Crippen LogP contribution is 2.31. The molecule has 3 aromatic rings. The Hall–Kier alpha value is -3.59. The predicted octanol–water partition coefficient (Wildman–Crippen LogP) is 4.63. The maximum atomic E-state index is 13.3. The predicted molar refractivity (Wildman–Crippen MR) is 120 cm³/mol. The van der Waals surface area contributed by atoms with Gasteiger partial charge in [0.2, 0.25) is 5.91 Å². The molecule has 1 aromatic heterocycles. The molecule has 4 amide bonds. The van der Waals surface area contributed by atoms with Gasteiger partial charge in [0, 0.05) is 18.0 Å². The van der Waals surface area contributed by atoms with Crippen LogP contribution in [0.15, 0.2) is 53.9 Å². The summed E-state index contributed by atoms with van der Waals surface area (Å²) in [6.45, 7) is 5.01. The lowest BCUT2D eigenvalue weighted by Crippen LogP contribution is -2.33. The smallest absolute Gasteiger partial charge is 0.282 e. The SMILES string of the molecule is CC(=O)N(c1cccc(C)c1)c1nc(CN2C(=O)C(C)N(c3ccc(F)cc3)C2=O)cs1. The third-order valence-corrected chi connectivity index (χ3v) is 6.05. The van der Waals surface area contributed by atoms with Gasteiger partial charge >= 0.3 is 6.03 Å². The normalized spacial score (nSPS) is 16.1. The molecule has 164 valence electrons. The number of hydrogen-bond acceptors (Lipinski definition) is 5. The number of halogens is 1.